The molecule has 1 aromatic heterocycles. The van der Waals surface area contributed by atoms with E-state index >= 15 is 0 Å². The molecule has 0 radical (unpaired) electrons. The van der Waals surface area contributed by atoms with Crippen LogP contribution in [0, 0.1) is 0 Å². The molecule has 1 aliphatic rings. The fourth-order valence-electron chi connectivity index (χ4n) is 2.92. The number of aromatic nitrogens is 2. The molecule has 0 spiro atoms. The number of carbonyl (C=O) groups is 1. The Hall–Kier alpha value is -2.27. The van der Waals surface area contributed by atoms with Gasteiger partial charge in [-0.1, -0.05) is 23.9 Å². The summed E-state index contributed by atoms with van der Waals surface area (Å²) in [6, 6.07) is 6.01. The lowest BCUT2D eigenvalue weighted by Crippen LogP contribution is -2.49. The van der Waals surface area contributed by atoms with Crippen LogP contribution in [0.1, 0.15) is 12.4 Å². The lowest BCUT2D eigenvalue weighted by Gasteiger charge is -2.34. The zero-order valence-electron chi connectivity index (χ0n) is 14.8. The zero-order chi connectivity index (χ0) is 20.1. The first-order chi connectivity index (χ1) is 13.4. The van der Waals surface area contributed by atoms with Gasteiger partial charge in [-0.3, -0.25) is 9.47 Å². The number of urea groups is 1. The minimum Gasteiger partial charge on any atom is -0.322 e. The van der Waals surface area contributed by atoms with Gasteiger partial charge in [-0.15, -0.1) is 0 Å². The molecule has 0 aliphatic carbocycles. The Morgan fingerprint density at radius 2 is 1.86 bits per heavy atom. The molecule has 0 saturated carbocycles. The molecular weight excluding hydrogens is 398 g/mol. The number of piperazine rings is 1. The molecule has 0 bridgehead atoms. The van der Waals surface area contributed by atoms with Gasteiger partial charge in [0.05, 0.1) is 12.2 Å². The van der Waals surface area contributed by atoms with E-state index < -0.39 is 12.3 Å². The van der Waals surface area contributed by atoms with Crippen LogP contribution in [0.3, 0.4) is 0 Å². The van der Waals surface area contributed by atoms with E-state index in [4.69, 9.17) is 0 Å². The molecular formula is C17H19F4N5OS. The van der Waals surface area contributed by atoms with Crippen LogP contribution in [-0.4, -0.2) is 57.3 Å². The molecule has 1 fully saturated rings. The Balaban J connectivity index is 1.54. The van der Waals surface area contributed by atoms with Crippen molar-refractivity contribution in [2.75, 3.05) is 31.5 Å². The highest BCUT2D eigenvalue weighted by Crippen LogP contribution is 2.31. The van der Waals surface area contributed by atoms with Crippen molar-refractivity contribution < 1.29 is 22.4 Å². The highest BCUT2D eigenvalue weighted by molar-refractivity contribution is 7.99. The molecule has 1 N–H and O–H groups in total. The molecule has 0 unspecified atom stereocenters. The molecule has 6 nitrogen and oxygen atoms in total. The average molecular weight is 417 g/mol. The molecule has 2 aromatic rings. The SMILES string of the molecule is O=C(Nc1ccccc1SC(F)F)N1CCN(Cc2nccn2C(F)F)CC1. The van der Waals surface area contributed by atoms with Crippen molar-refractivity contribution in [2.24, 2.45) is 0 Å². The number of carbonyl (C=O) groups excluding carboxylic acids is 1. The first kappa shape index (κ1) is 20.5. The number of halogens is 4. The number of alkyl halides is 4. The van der Waals surface area contributed by atoms with Crippen molar-refractivity contribution >= 4 is 23.5 Å². The number of nitrogens with zero attached hydrogens (tertiary/aromatic N) is 4. The first-order valence-corrected chi connectivity index (χ1v) is 9.44. The summed E-state index contributed by atoms with van der Waals surface area (Å²) in [7, 11) is 0. The number of benzene rings is 1. The zero-order valence-corrected chi connectivity index (χ0v) is 15.6. The van der Waals surface area contributed by atoms with Crippen LogP contribution in [0.5, 0.6) is 0 Å². The maximum Gasteiger partial charge on any atom is 0.321 e. The van der Waals surface area contributed by atoms with E-state index in [2.05, 4.69) is 10.3 Å². The third-order valence-electron chi connectivity index (χ3n) is 4.33. The molecule has 2 heterocycles. The van der Waals surface area contributed by atoms with Gasteiger partial charge in [-0.2, -0.15) is 17.6 Å². The summed E-state index contributed by atoms with van der Waals surface area (Å²) in [6.07, 6.45) is 2.57. The number of hydrogen-bond acceptors (Lipinski definition) is 4. The van der Waals surface area contributed by atoms with Gasteiger partial charge >= 0.3 is 12.6 Å². The number of anilines is 1. The third kappa shape index (κ3) is 5.16. The van der Waals surface area contributed by atoms with Gasteiger partial charge in [-0.25, -0.2) is 9.78 Å². The minimum atomic E-state index is -2.64. The van der Waals surface area contributed by atoms with Crippen LogP contribution < -0.4 is 5.32 Å². The quantitative estimate of drug-likeness (QED) is 0.571. The Morgan fingerprint density at radius 3 is 2.54 bits per heavy atom. The minimum absolute atomic E-state index is 0.265. The molecule has 1 saturated heterocycles. The maximum atomic E-state index is 12.9. The Morgan fingerprint density at radius 1 is 1.14 bits per heavy atom. The van der Waals surface area contributed by atoms with Gasteiger partial charge in [0.2, 0.25) is 0 Å². The van der Waals surface area contributed by atoms with E-state index in [1.54, 1.807) is 23.1 Å². The topological polar surface area (TPSA) is 53.4 Å². The van der Waals surface area contributed by atoms with E-state index in [-0.39, 0.29) is 18.4 Å². The molecule has 0 atom stereocenters. The Bertz CT molecular complexity index is 795. The van der Waals surface area contributed by atoms with Gasteiger partial charge in [0.1, 0.15) is 5.82 Å². The molecule has 11 heteroatoms. The standard InChI is InChI=1S/C17H19F4N5OS/c18-15(19)26-6-5-22-14(26)11-24-7-9-25(10-8-24)17(27)23-12-3-1-2-4-13(12)28-16(20)21/h1-6,15-16H,7-11H2,(H,23,27). The van der Waals surface area contributed by atoms with Gasteiger partial charge in [-0.05, 0) is 12.1 Å². The number of amides is 2. The van der Waals surface area contributed by atoms with E-state index in [0.29, 0.717) is 48.5 Å². The monoisotopic (exact) mass is 417 g/mol. The van der Waals surface area contributed by atoms with Crippen LogP contribution in [-0.2, 0) is 6.54 Å². The number of rotatable bonds is 6. The maximum absolute atomic E-state index is 12.9. The van der Waals surface area contributed by atoms with E-state index in [9.17, 15) is 22.4 Å². The smallest absolute Gasteiger partial charge is 0.321 e. The van der Waals surface area contributed by atoms with Crippen molar-refractivity contribution in [2.45, 2.75) is 23.7 Å². The van der Waals surface area contributed by atoms with Crippen molar-refractivity contribution in [3.05, 3.63) is 42.5 Å². The second-order valence-electron chi connectivity index (χ2n) is 6.10. The first-order valence-electron chi connectivity index (χ1n) is 8.56. The second-order valence-corrected chi connectivity index (χ2v) is 7.13. The van der Waals surface area contributed by atoms with E-state index in [0.717, 1.165) is 4.57 Å². The molecule has 1 aromatic carbocycles. The van der Waals surface area contributed by atoms with Gasteiger partial charge in [0.15, 0.2) is 0 Å². The van der Waals surface area contributed by atoms with E-state index in [1.807, 2.05) is 4.90 Å². The van der Waals surface area contributed by atoms with Crippen molar-refractivity contribution in [3.8, 4) is 0 Å². The van der Waals surface area contributed by atoms with Crippen LogP contribution in [0.25, 0.3) is 0 Å². The Kier molecular flexibility index (Phi) is 6.79. The predicted octanol–water partition coefficient (Wildman–Crippen LogP) is 3.94. The predicted molar refractivity (Wildman–Crippen MR) is 97.7 cm³/mol. The summed E-state index contributed by atoms with van der Waals surface area (Å²) >= 11 is 0.374. The van der Waals surface area contributed by atoms with Crippen LogP contribution in [0.15, 0.2) is 41.6 Å². The van der Waals surface area contributed by atoms with Gasteiger partial charge < -0.3 is 10.2 Å². The molecule has 1 aliphatic heterocycles. The number of hydrogen-bond donors (Lipinski definition) is 1. The molecule has 28 heavy (non-hydrogen) atoms. The highest BCUT2D eigenvalue weighted by atomic mass is 32.2. The summed E-state index contributed by atoms with van der Waals surface area (Å²) in [5.74, 6) is -2.31. The van der Waals surface area contributed by atoms with Gasteiger partial charge in [0, 0.05) is 43.5 Å². The lowest BCUT2D eigenvalue weighted by molar-refractivity contribution is 0.0620. The van der Waals surface area contributed by atoms with Crippen LogP contribution in [0.2, 0.25) is 0 Å². The van der Waals surface area contributed by atoms with Crippen molar-refractivity contribution in [3.63, 3.8) is 0 Å². The van der Waals surface area contributed by atoms with Crippen LogP contribution >= 0.6 is 11.8 Å². The van der Waals surface area contributed by atoms with Gasteiger partial charge in [0.25, 0.3) is 5.76 Å². The van der Waals surface area contributed by atoms with Crippen molar-refractivity contribution in [1.29, 1.82) is 0 Å². The lowest BCUT2D eigenvalue weighted by atomic mass is 10.3. The van der Waals surface area contributed by atoms with Crippen molar-refractivity contribution in [1.82, 2.24) is 19.4 Å². The number of nitrogens with one attached hydrogen (secondary N) is 1. The summed E-state index contributed by atoms with van der Waals surface area (Å²) in [5, 5.41) is 2.67. The fraction of sp³-hybridized carbons (Fsp3) is 0.412. The largest absolute Gasteiger partial charge is 0.322 e. The van der Waals surface area contributed by atoms with E-state index in [1.165, 1.54) is 18.5 Å². The summed E-state index contributed by atoms with van der Waals surface area (Å²) < 4.78 is 51.9. The number of thioether (sulfide) groups is 1. The summed E-state index contributed by atoms with van der Waals surface area (Å²) in [4.78, 5) is 20.2. The third-order valence-corrected chi connectivity index (χ3v) is 5.12. The summed E-state index contributed by atoms with van der Waals surface area (Å²) in [5.41, 5.74) is 0.333. The average Bonchev–Trinajstić information content (AvgIpc) is 3.12. The number of para-hydroxylation sites is 1. The fourth-order valence-corrected chi connectivity index (χ4v) is 3.51. The number of imidazole rings is 1. The highest BCUT2D eigenvalue weighted by Gasteiger charge is 2.23. The second kappa shape index (κ2) is 9.28. The molecule has 152 valence electrons. The molecule has 3 rings (SSSR count). The Labute approximate surface area is 163 Å². The normalized spacial score (nSPS) is 15.4. The summed E-state index contributed by atoms with van der Waals surface area (Å²) in [6.45, 7) is -0.596. The van der Waals surface area contributed by atoms with Crippen LogP contribution in [0.4, 0.5) is 28.0 Å². The molecule has 2 amide bonds.